The monoisotopic (exact) mass is 224 g/mol. The van der Waals surface area contributed by atoms with Gasteiger partial charge in [-0.2, -0.15) is 0 Å². The van der Waals surface area contributed by atoms with Crippen LogP contribution in [0.15, 0.2) is 12.1 Å². The molecule has 1 aromatic rings. The third-order valence-electron chi connectivity index (χ3n) is 2.65. The summed E-state index contributed by atoms with van der Waals surface area (Å²) >= 11 is 0. The Bertz CT molecular complexity index is 485. The third kappa shape index (κ3) is 2.49. The molecule has 0 fully saturated rings. The average molecular weight is 224 g/mol. The predicted octanol–water partition coefficient (Wildman–Crippen LogP) is 3.57. The fourth-order valence-corrected chi connectivity index (χ4v) is 1.75. The summed E-state index contributed by atoms with van der Waals surface area (Å²) in [6, 6.07) is 3.17. The lowest BCUT2D eigenvalue weighted by Gasteiger charge is -2.27. The van der Waals surface area contributed by atoms with Gasteiger partial charge in [0.25, 0.3) is 0 Å². The van der Waals surface area contributed by atoms with Gasteiger partial charge in [-0.3, -0.25) is 0 Å². The molecule has 0 saturated heterocycles. The molecule has 0 radical (unpaired) electrons. The second-order valence-electron chi connectivity index (χ2n) is 5.83. The van der Waals surface area contributed by atoms with E-state index >= 15 is 0 Å². The van der Waals surface area contributed by atoms with E-state index in [1.54, 1.807) is 19.9 Å². The normalized spacial score (nSPS) is 16.4. The van der Waals surface area contributed by atoms with Crippen LogP contribution in [0.25, 0.3) is 0 Å². The zero-order chi connectivity index (χ0) is 15.2. The van der Waals surface area contributed by atoms with Gasteiger partial charge in [0.15, 0.2) is 0 Å². The molecule has 0 saturated carbocycles. The van der Waals surface area contributed by atoms with Gasteiger partial charge < -0.3 is 10.8 Å². The van der Waals surface area contributed by atoms with Crippen molar-refractivity contribution in [2.45, 2.75) is 52.3 Å². The van der Waals surface area contributed by atoms with Gasteiger partial charge in [0.05, 0.1) is 0 Å². The number of anilines is 1. The molecule has 16 heavy (non-hydrogen) atoms. The van der Waals surface area contributed by atoms with Crippen molar-refractivity contribution in [1.82, 2.24) is 0 Å². The second-order valence-corrected chi connectivity index (χ2v) is 5.83. The Kier molecular flexibility index (Phi) is 2.05. The predicted molar refractivity (Wildman–Crippen MR) is 69.9 cm³/mol. The standard InChI is InChI=1S/C14H23NO/c1-13(2,3)9-7-10(14(4,5)6)12(16)8-11(9)15/h7-8,16H,15H2,1-6H3/i4D3. The molecule has 2 heteroatoms. The Balaban J connectivity index is 3.55. The molecule has 0 bridgehead atoms. The molecule has 0 heterocycles. The van der Waals surface area contributed by atoms with Crippen molar-refractivity contribution in [3.63, 3.8) is 0 Å². The number of phenolic OH excluding ortho intramolecular Hbond substituents is 1. The first-order valence-electron chi connectivity index (χ1n) is 6.92. The van der Waals surface area contributed by atoms with Crippen molar-refractivity contribution in [1.29, 1.82) is 0 Å². The summed E-state index contributed by atoms with van der Waals surface area (Å²) in [7, 11) is 0. The highest BCUT2D eigenvalue weighted by Crippen LogP contribution is 2.38. The van der Waals surface area contributed by atoms with Gasteiger partial charge >= 0.3 is 0 Å². The van der Waals surface area contributed by atoms with Crippen LogP contribution in [-0.2, 0) is 10.8 Å². The molecule has 1 aromatic carbocycles. The van der Waals surface area contributed by atoms with Gasteiger partial charge in [0.1, 0.15) is 5.75 Å². The lowest BCUT2D eigenvalue weighted by molar-refractivity contribution is 0.445. The molecule has 0 amide bonds. The molecular formula is C14H23NO. The second kappa shape index (κ2) is 3.69. The van der Waals surface area contributed by atoms with Crippen LogP contribution in [0.2, 0.25) is 0 Å². The summed E-state index contributed by atoms with van der Waals surface area (Å²) in [4.78, 5) is 0. The minimum Gasteiger partial charge on any atom is -0.508 e. The summed E-state index contributed by atoms with van der Waals surface area (Å²) < 4.78 is 22.9. The first-order valence-corrected chi connectivity index (χ1v) is 5.42. The summed E-state index contributed by atoms with van der Waals surface area (Å²) in [5.74, 6) is -0.0633. The zero-order valence-electron chi connectivity index (χ0n) is 13.7. The molecule has 0 unspecified atom stereocenters. The molecular weight excluding hydrogens is 198 g/mol. The molecule has 0 atom stereocenters. The van der Waals surface area contributed by atoms with Crippen molar-refractivity contribution in [3.8, 4) is 5.75 Å². The molecule has 1 rings (SSSR count). The van der Waals surface area contributed by atoms with Crippen LogP contribution in [0.3, 0.4) is 0 Å². The van der Waals surface area contributed by atoms with Crippen LogP contribution in [0.5, 0.6) is 5.75 Å². The first-order chi connectivity index (χ1) is 8.28. The molecule has 0 spiro atoms. The maximum atomic E-state index is 10.1. The Morgan fingerprint density at radius 1 is 1.06 bits per heavy atom. The maximum absolute atomic E-state index is 10.1. The van der Waals surface area contributed by atoms with Gasteiger partial charge in [-0.25, -0.2) is 0 Å². The number of nitrogens with two attached hydrogens (primary N) is 1. The number of nitrogen functional groups attached to an aromatic ring is 1. The van der Waals surface area contributed by atoms with E-state index < -0.39 is 12.3 Å². The summed E-state index contributed by atoms with van der Waals surface area (Å²) in [5.41, 5.74) is 6.32. The molecule has 2 nitrogen and oxygen atoms in total. The van der Waals surface area contributed by atoms with Crippen molar-refractivity contribution in [3.05, 3.63) is 23.3 Å². The minimum atomic E-state index is -2.20. The fourth-order valence-electron chi connectivity index (χ4n) is 1.75. The molecule has 0 aliphatic heterocycles. The van der Waals surface area contributed by atoms with E-state index in [9.17, 15) is 5.11 Å². The highest BCUT2D eigenvalue weighted by molar-refractivity contribution is 5.58. The van der Waals surface area contributed by atoms with E-state index in [-0.39, 0.29) is 11.2 Å². The van der Waals surface area contributed by atoms with E-state index in [2.05, 4.69) is 0 Å². The molecule has 90 valence electrons. The smallest absolute Gasteiger partial charge is 0.121 e. The number of aromatic hydroxyl groups is 1. The quantitative estimate of drug-likeness (QED) is 0.662. The Hall–Kier alpha value is -1.18. The van der Waals surface area contributed by atoms with Crippen LogP contribution >= 0.6 is 0 Å². The van der Waals surface area contributed by atoms with Crippen molar-refractivity contribution < 1.29 is 9.22 Å². The van der Waals surface area contributed by atoms with Crippen molar-refractivity contribution >= 4 is 5.69 Å². The lowest BCUT2D eigenvalue weighted by Crippen LogP contribution is -2.18. The van der Waals surface area contributed by atoms with E-state index in [0.717, 1.165) is 5.56 Å². The van der Waals surface area contributed by atoms with E-state index in [1.165, 1.54) is 6.07 Å². The number of benzene rings is 1. The summed E-state index contributed by atoms with van der Waals surface area (Å²) in [5, 5.41) is 10.1. The third-order valence-corrected chi connectivity index (χ3v) is 2.65. The fraction of sp³-hybridized carbons (Fsp3) is 0.571. The Morgan fingerprint density at radius 2 is 1.62 bits per heavy atom. The summed E-state index contributed by atoms with van der Waals surface area (Å²) in [6.07, 6.45) is 0. The van der Waals surface area contributed by atoms with Crippen LogP contribution in [0, 0.1) is 0 Å². The number of phenols is 1. The van der Waals surface area contributed by atoms with E-state index in [4.69, 9.17) is 9.85 Å². The zero-order valence-corrected chi connectivity index (χ0v) is 10.7. The van der Waals surface area contributed by atoms with Gasteiger partial charge in [0.2, 0.25) is 0 Å². The first kappa shape index (κ1) is 8.91. The van der Waals surface area contributed by atoms with Crippen LogP contribution in [-0.4, -0.2) is 5.11 Å². The molecule has 0 aliphatic carbocycles. The van der Waals surface area contributed by atoms with Gasteiger partial charge in [-0.05, 0) is 28.0 Å². The van der Waals surface area contributed by atoms with Crippen LogP contribution in [0.4, 0.5) is 5.69 Å². The van der Waals surface area contributed by atoms with Gasteiger partial charge in [-0.15, -0.1) is 0 Å². The maximum Gasteiger partial charge on any atom is 0.121 e. The molecule has 3 N–H and O–H groups in total. The number of rotatable bonds is 0. The average Bonchev–Trinajstić information content (AvgIpc) is 2.12. The van der Waals surface area contributed by atoms with E-state index in [0.29, 0.717) is 11.3 Å². The SMILES string of the molecule is [2H]C([2H])([2H])C(C)(C)c1cc(C(C)(C)C)c(N)cc1O. The van der Waals surface area contributed by atoms with E-state index in [1.807, 2.05) is 20.8 Å². The van der Waals surface area contributed by atoms with Gasteiger partial charge in [-0.1, -0.05) is 41.5 Å². The summed E-state index contributed by atoms with van der Waals surface area (Å²) in [6.45, 7) is 7.02. The Labute approximate surface area is 103 Å². The minimum absolute atomic E-state index is 0.0633. The van der Waals surface area contributed by atoms with Crippen LogP contribution < -0.4 is 5.73 Å². The largest absolute Gasteiger partial charge is 0.508 e. The molecule has 0 aromatic heterocycles. The Morgan fingerprint density at radius 3 is 2.06 bits per heavy atom. The number of hydrogen-bond acceptors (Lipinski definition) is 2. The van der Waals surface area contributed by atoms with Gasteiger partial charge in [0, 0.05) is 15.9 Å². The van der Waals surface area contributed by atoms with Crippen molar-refractivity contribution in [2.24, 2.45) is 0 Å². The topological polar surface area (TPSA) is 46.2 Å². The van der Waals surface area contributed by atoms with Crippen molar-refractivity contribution in [2.75, 3.05) is 5.73 Å². The highest BCUT2D eigenvalue weighted by atomic mass is 16.3. The van der Waals surface area contributed by atoms with Crippen LogP contribution in [0.1, 0.15) is 56.7 Å². The lowest BCUT2D eigenvalue weighted by atomic mass is 9.79. The highest BCUT2D eigenvalue weighted by Gasteiger charge is 2.24. The molecule has 0 aliphatic rings. The number of hydrogen-bond donors (Lipinski definition) is 2.